The normalized spacial score (nSPS) is 14.5. The number of thiazole rings is 1. The molecule has 0 unspecified atom stereocenters. The summed E-state index contributed by atoms with van der Waals surface area (Å²) >= 11 is 1.26. The largest absolute Gasteiger partial charge is 0.493 e. The molecule has 3 aromatic carbocycles. The maximum absolute atomic E-state index is 14.1. The Morgan fingerprint density at radius 2 is 1.76 bits per heavy atom. The number of hydrogen-bond donors (Lipinski definition) is 0. The van der Waals surface area contributed by atoms with E-state index in [9.17, 15) is 9.59 Å². The molecule has 42 heavy (non-hydrogen) atoms. The molecule has 1 aliphatic rings. The third-order valence-corrected chi connectivity index (χ3v) is 7.63. The van der Waals surface area contributed by atoms with Crippen molar-refractivity contribution in [2.45, 2.75) is 13.0 Å². The van der Waals surface area contributed by atoms with Crippen molar-refractivity contribution >= 4 is 29.1 Å². The van der Waals surface area contributed by atoms with Gasteiger partial charge in [-0.15, -0.1) is 0 Å². The van der Waals surface area contributed by atoms with Crippen molar-refractivity contribution in [2.24, 2.45) is 4.99 Å². The fourth-order valence-corrected chi connectivity index (χ4v) is 5.75. The van der Waals surface area contributed by atoms with E-state index in [0.29, 0.717) is 44.4 Å². The van der Waals surface area contributed by atoms with E-state index in [4.69, 9.17) is 23.9 Å². The molecule has 0 spiro atoms. The molecular weight excluding hydrogens is 552 g/mol. The van der Waals surface area contributed by atoms with Gasteiger partial charge >= 0.3 is 5.97 Å². The highest BCUT2D eigenvalue weighted by molar-refractivity contribution is 7.07. The van der Waals surface area contributed by atoms with Gasteiger partial charge in [-0.1, -0.05) is 72.5 Å². The SMILES string of the molecule is C=CCOc1ccc(/C=c2\sc3n(c2=O)[C@H](c2ccc(OC)c(OC)c2)C(C(=O)OCC)=C(c2ccccc2)N=3)cc1. The van der Waals surface area contributed by atoms with Crippen LogP contribution in [0.25, 0.3) is 11.8 Å². The zero-order chi connectivity index (χ0) is 29.6. The molecule has 214 valence electrons. The lowest BCUT2D eigenvalue weighted by Gasteiger charge is -2.26. The fraction of sp³-hybridized carbons (Fsp3) is 0.182. The minimum absolute atomic E-state index is 0.167. The van der Waals surface area contributed by atoms with Crippen LogP contribution in [-0.2, 0) is 9.53 Å². The van der Waals surface area contributed by atoms with Gasteiger partial charge in [0, 0.05) is 5.56 Å². The minimum atomic E-state index is -0.827. The summed E-state index contributed by atoms with van der Waals surface area (Å²) in [5.74, 6) is 1.15. The molecule has 1 atom stereocenters. The van der Waals surface area contributed by atoms with Gasteiger partial charge in [-0.25, -0.2) is 9.79 Å². The fourth-order valence-electron chi connectivity index (χ4n) is 4.75. The summed E-state index contributed by atoms with van der Waals surface area (Å²) in [4.78, 5) is 33.0. The molecule has 0 fully saturated rings. The van der Waals surface area contributed by atoms with E-state index in [2.05, 4.69) is 6.58 Å². The Kier molecular flexibility index (Phi) is 8.68. The summed E-state index contributed by atoms with van der Waals surface area (Å²) < 4.78 is 24.1. The third-order valence-electron chi connectivity index (χ3n) is 6.64. The van der Waals surface area contributed by atoms with Crippen LogP contribution >= 0.6 is 11.3 Å². The molecule has 5 rings (SSSR count). The van der Waals surface area contributed by atoms with Gasteiger partial charge in [-0.2, -0.15) is 0 Å². The third kappa shape index (κ3) is 5.64. The van der Waals surface area contributed by atoms with Crippen molar-refractivity contribution in [3.8, 4) is 17.2 Å². The Balaban J connectivity index is 1.76. The molecule has 9 heteroatoms. The summed E-state index contributed by atoms with van der Waals surface area (Å²) in [6.07, 6.45) is 3.49. The number of esters is 1. The number of carbonyl (C=O) groups excluding carboxylic acids is 1. The average molecular weight is 583 g/mol. The molecule has 0 N–H and O–H groups in total. The highest BCUT2D eigenvalue weighted by Gasteiger charge is 2.35. The van der Waals surface area contributed by atoms with E-state index in [1.165, 1.54) is 18.4 Å². The zero-order valence-electron chi connectivity index (χ0n) is 23.5. The number of carbonyl (C=O) groups is 1. The quantitative estimate of drug-likeness (QED) is 0.202. The second kappa shape index (κ2) is 12.7. The number of methoxy groups -OCH3 is 2. The van der Waals surface area contributed by atoms with Gasteiger partial charge in [0.25, 0.3) is 5.56 Å². The zero-order valence-corrected chi connectivity index (χ0v) is 24.4. The first-order chi connectivity index (χ1) is 20.5. The van der Waals surface area contributed by atoms with Crippen LogP contribution in [0.2, 0.25) is 0 Å². The molecule has 1 aromatic heterocycles. The Morgan fingerprint density at radius 1 is 1.02 bits per heavy atom. The highest BCUT2D eigenvalue weighted by atomic mass is 32.1. The van der Waals surface area contributed by atoms with Crippen molar-refractivity contribution in [2.75, 3.05) is 27.4 Å². The van der Waals surface area contributed by atoms with Crippen LogP contribution in [0.1, 0.15) is 29.7 Å². The molecule has 0 aliphatic carbocycles. The topological polar surface area (TPSA) is 88.3 Å². The molecule has 1 aliphatic heterocycles. The molecule has 8 nitrogen and oxygen atoms in total. The van der Waals surface area contributed by atoms with Crippen LogP contribution < -0.4 is 29.1 Å². The number of nitrogens with zero attached hydrogens (tertiary/aromatic N) is 2. The number of benzene rings is 3. The van der Waals surface area contributed by atoms with Gasteiger partial charge in [0.15, 0.2) is 16.3 Å². The predicted octanol–water partition coefficient (Wildman–Crippen LogP) is 4.52. The van der Waals surface area contributed by atoms with E-state index in [0.717, 1.165) is 11.1 Å². The Labute approximate surface area is 247 Å². The number of ether oxygens (including phenoxy) is 4. The van der Waals surface area contributed by atoms with Gasteiger partial charge < -0.3 is 18.9 Å². The van der Waals surface area contributed by atoms with Crippen molar-refractivity contribution in [1.82, 2.24) is 4.57 Å². The molecular formula is C33H30N2O6S. The first kappa shape index (κ1) is 28.6. The molecule has 4 aromatic rings. The van der Waals surface area contributed by atoms with Crippen LogP contribution in [0.15, 0.2) is 101 Å². The average Bonchev–Trinajstić information content (AvgIpc) is 3.34. The van der Waals surface area contributed by atoms with Crippen LogP contribution in [0.5, 0.6) is 17.2 Å². The van der Waals surface area contributed by atoms with Crippen molar-refractivity contribution in [1.29, 1.82) is 0 Å². The molecule has 0 radical (unpaired) electrons. The van der Waals surface area contributed by atoms with Gasteiger partial charge in [0.05, 0.1) is 42.7 Å². The van der Waals surface area contributed by atoms with Crippen LogP contribution in [0, 0.1) is 0 Å². The summed E-state index contributed by atoms with van der Waals surface area (Å²) in [5, 5.41) is 0. The minimum Gasteiger partial charge on any atom is -0.493 e. The molecule has 0 amide bonds. The Bertz CT molecular complexity index is 1820. The molecule has 0 bridgehead atoms. The first-order valence-electron chi connectivity index (χ1n) is 13.3. The lowest BCUT2D eigenvalue weighted by atomic mass is 9.93. The monoisotopic (exact) mass is 582 g/mol. The van der Waals surface area contributed by atoms with E-state index in [1.54, 1.807) is 36.8 Å². The van der Waals surface area contributed by atoms with E-state index in [1.807, 2.05) is 66.7 Å². The van der Waals surface area contributed by atoms with Gasteiger partial charge in [-0.3, -0.25) is 9.36 Å². The summed E-state index contributed by atoms with van der Waals surface area (Å²) in [5.41, 5.74) is 2.64. The van der Waals surface area contributed by atoms with Crippen LogP contribution in [0.3, 0.4) is 0 Å². The lowest BCUT2D eigenvalue weighted by Crippen LogP contribution is -2.40. The molecule has 2 heterocycles. The Hall–Kier alpha value is -4.89. The van der Waals surface area contributed by atoms with Crippen molar-refractivity contribution in [3.05, 3.63) is 127 Å². The summed E-state index contributed by atoms with van der Waals surface area (Å²) in [6.45, 7) is 5.98. The summed E-state index contributed by atoms with van der Waals surface area (Å²) in [7, 11) is 3.09. The number of fused-ring (bicyclic) bond motifs is 1. The van der Waals surface area contributed by atoms with E-state index < -0.39 is 12.0 Å². The van der Waals surface area contributed by atoms with Crippen molar-refractivity contribution < 1.29 is 23.7 Å². The van der Waals surface area contributed by atoms with E-state index >= 15 is 0 Å². The van der Waals surface area contributed by atoms with Crippen LogP contribution in [-0.4, -0.2) is 38.0 Å². The van der Waals surface area contributed by atoms with E-state index in [-0.39, 0.29) is 17.7 Å². The highest BCUT2D eigenvalue weighted by Crippen LogP contribution is 2.38. The van der Waals surface area contributed by atoms with Crippen molar-refractivity contribution in [3.63, 3.8) is 0 Å². The standard InChI is InChI=1S/C33H30N2O6S/c1-5-18-41-24-15-12-21(13-16-24)19-27-31(36)35-30(23-14-17-25(38-3)26(20-23)39-4)28(32(37)40-6-2)29(34-33(35)42-27)22-10-8-7-9-11-22/h5,7-17,19-20,30H,1,6,18H2,2-4H3/b27-19-/t30-/m1/s1. The second-order valence-corrected chi connectivity index (χ2v) is 10.2. The maximum Gasteiger partial charge on any atom is 0.338 e. The second-order valence-electron chi connectivity index (χ2n) is 9.21. The maximum atomic E-state index is 14.1. The lowest BCUT2D eigenvalue weighted by molar-refractivity contribution is -0.138. The number of rotatable bonds is 10. The Morgan fingerprint density at radius 3 is 2.43 bits per heavy atom. The first-order valence-corrected chi connectivity index (χ1v) is 14.1. The van der Waals surface area contributed by atoms with Gasteiger partial charge in [-0.05, 0) is 48.4 Å². The number of hydrogen-bond acceptors (Lipinski definition) is 8. The predicted molar refractivity (Wildman–Crippen MR) is 163 cm³/mol. The number of aromatic nitrogens is 1. The van der Waals surface area contributed by atoms with Crippen LogP contribution in [0.4, 0.5) is 0 Å². The molecule has 0 saturated carbocycles. The summed E-state index contributed by atoms with van der Waals surface area (Å²) in [6, 6.07) is 21.4. The van der Waals surface area contributed by atoms with Gasteiger partial charge in [0.1, 0.15) is 12.4 Å². The van der Waals surface area contributed by atoms with Gasteiger partial charge in [0.2, 0.25) is 0 Å². The molecule has 0 saturated heterocycles. The smallest absolute Gasteiger partial charge is 0.338 e.